The highest BCUT2D eigenvalue weighted by molar-refractivity contribution is 6.46. The highest BCUT2D eigenvalue weighted by atomic mass is 16.5. The van der Waals surface area contributed by atoms with Gasteiger partial charge in [-0.2, -0.15) is 0 Å². The number of hydrogen-bond acceptors (Lipinski definition) is 5. The van der Waals surface area contributed by atoms with Crippen molar-refractivity contribution in [2.24, 2.45) is 0 Å². The van der Waals surface area contributed by atoms with Gasteiger partial charge in [0.1, 0.15) is 29.1 Å². The maximum Gasteiger partial charge on any atom is 0.296 e. The second-order valence-corrected chi connectivity index (χ2v) is 9.16. The first kappa shape index (κ1) is 22.2. The molecule has 0 spiro atoms. The van der Waals surface area contributed by atoms with Gasteiger partial charge in [-0.3, -0.25) is 9.59 Å². The Morgan fingerprint density at radius 1 is 1.16 bits per heavy atom. The van der Waals surface area contributed by atoms with Gasteiger partial charge in [0.2, 0.25) is 0 Å². The Balaban J connectivity index is 1.92. The van der Waals surface area contributed by atoms with E-state index in [-0.39, 0.29) is 23.3 Å². The number of likely N-dealkylation sites (tertiary alicyclic amines) is 1. The van der Waals surface area contributed by atoms with Gasteiger partial charge in [-0.25, -0.2) is 0 Å². The maximum atomic E-state index is 13.3. The summed E-state index contributed by atoms with van der Waals surface area (Å²) in [4.78, 5) is 28.1. The Kier molecular flexibility index (Phi) is 5.89. The van der Waals surface area contributed by atoms with Gasteiger partial charge in [-0.15, -0.1) is 0 Å². The molecule has 4 rings (SSSR count). The van der Waals surface area contributed by atoms with Crippen molar-refractivity contribution in [1.29, 1.82) is 0 Å². The number of hydrogen-bond donors (Lipinski definition) is 1. The quantitative estimate of drug-likeness (QED) is 0.385. The molecule has 1 aromatic heterocycles. The van der Waals surface area contributed by atoms with Gasteiger partial charge >= 0.3 is 0 Å². The van der Waals surface area contributed by atoms with Crippen LogP contribution in [0.5, 0.6) is 5.75 Å². The van der Waals surface area contributed by atoms with Crippen LogP contribution in [0.4, 0.5) is 0 Å². The van der Waals surface area contributed by atoms with Crippen molar-refractivity contribution in [3.8, 4) is 5.75 Å². The van der Waals surface area contributed by atoms with E-state index >= 15 is 0 Å². The van der Waals surface area contributed by atoms with E-state index in [2.05, 4.69) is 0 Å². The van der Waals surface area contributed by atoms with Crippen LogP contribution in [0.3, 0.4) is 0 Å². The maximum absolute atomic E-state index is 13.3. The summed E-state index contributed by atoms with van der Waals surface area (Å²) < 4.78 is 11.4. The molecule has 32 heavy (non-hydrogen) atoms. The topological polar surface area (TPSA) is 80.0 Å². The largest absolute Gasteiger partial charge is 0.507 e. The van der Waals surface area contributed by atoms with Crippen molar-refractivity contribution in [2.45, 2.75) is 71.4 Å². The molecule has 1 saturated heterocycles. The lowest BCUT2D eigenvalue weighted by molar-refractivity contribution is -0.141. The molecule has 2 aliphatic rings. The molecule has 1 aliphatic heterocycles. The van der Waals surface area contributed by atoms with Crippen molar-refractivity contribution >= 4 is 17.4 Å². The third-order valence-corrected chi connectivity index (χ3v) is 6.68. The SMILES string of the molecule is COc1cc(C)c(/C(O)=C2\C(=O)C(=O)N(C3CCCC3)C2c2ccc(C)o2)cc1C(C)C. The number of Topliss-reactive ketones (excluding diaryl/α,β-unsaturated/α-hetero) is 1. The summed E-state index contributed by atoms with van der Waals surface area (Å²) in [6, 6.07) is 6.58. The van der Waals surface area contributed by atoms with Crippen LogP contribution in [0.2, 0.25) is 0 Å². The molecular formula is C26H31NO5. The summed E-state index contributed by atoms with van der Waals surface area (Å²) in [5.41, 5.74) is 2.33. The molecule has 170 valence electrons. The van der Waals surface area contributed by atoms with Crippen LogP contribution in [0, 0.1) is 13.8 Å². The molecular weight excluding hydrogens is 406 g/mol. The third kappa shape index (κ3) is 3.61. The van der Waals surface area contributed by atoms with Crippen molar-refractivity contribution in [2.75, 3.05) is 7.11 Å². The molecule has 6 heteroatoms. The zero-order valence-corrected chi connectivity index (χ0v) is 19.4. The molecule has 1 saturated carbocycles. The van der Waals surface area contributed by atoms with Crippen molar-refractivity contribution < 1.29 is 23.8 Å². The van der Waals surface area contributed by atoms with Gasteiger partial charge in [0.25, 0.3) is 11.7 Å². The normalized spacial score (nSPS) is 21.2. The van der Waals surface area contributed by atoms with E-state index in [1.54, 1.807) is 18.1 Å². The van der Waals surface area contributed by atoms with Crippen LogP contribution in [-0.4, -0.2) is 34.8 Å². The van der Waals surface area contributed by atoms with Crippen LogP contribution >= 0.6 is 0 Å². The van der Waals surface area contributed by atoms with E-state index in [9.17, 15) is 14.7 Å². The van der Waals surface area contributed by atoms with Crippen LogP contribution in [0.25, 0.3) is 5.76 Å². The fourth-order valence-corrected chi connectivity index (χ4v) is 5.02. The molecule has 0 radical (unpaired) electrons. The summed E-state index contributed by atoms with van der Waals surface area (Å²) in [6.45, 7) is 7.78. The minimum Gasteiger partial charge on any atom is -0.507 e. The second-order valence-electron chi connectivity index (χ2n) is 9.16. The number of furan rings is 1. The summed E-state index contributed by atoms with van der Waals surface area (Å²) in [6.07, 6.45) is 3.74. The Labute approximate surface area is 188 Å². The first-order chi connectivity index (χ1) is 15.2. The molecule has 2 heterocycles. The van der Waals surface area contributed by atoms with Crippen LogP contribution in [0.1, 0.15) is 79.7 Å². The first-order valence-corrected chi connectivity index (χ1v) is 11.3. The first-order valence-electron chi connectivity index (χ1n) is 11.3. The third-order valence-electron chi connectivity index (χ3n) is 6.68. The smallest absolute Gasteiger partial charge is 0.296 e. The van der Waals surface area contributed by atoms with Crippen LogP contribution < -0.4 is 4.74 Å². The van der Waals surface area contributed by atoms with E-state index in [1.807, 2.05) is 45.9 Å². The predicted molar refractivity (Wildman–Crippen MR) is 122 cm³/mol. The molecule has 2 aromatic rings. The van der Waals surface area contributed by atoms with Crippen LogP contribution in [0.15, 0.2) is 34.3 Å². The predicted octanol–water partition coefficient (Wildman–Crippen LogP) is 5.39. The number of ether oxygens (including phenoxy) is 1. The molecule has 1 aromatic carbocycles. The number of aliphatic hydroxyl groups is 1. The van der Waals surface area contributed by atoms with E-state index in [0.29, 0.717) is 17.1 Å². The van der Waals surface area contributed by atoms with Crippen LogP contribution in [-0.2, 0) is 9.59 Å². The molecule has 1 unspecified atom stereocenters. The molecule has 2 fully saturated rings. The van der Waals surface area contributed by atoms with E-state index in [1.165, 1.54) is 0 Å². The van der Waals surface area contributed by atoms with E-state index < -0.39 is 17.7 Å². The highest BCUT2D eigenvalue weighted by Gasteiger charge is 2.50. The Bertz CT molecular complexity index is 1090. The van der Waals surface area contributed by atoms with Crippen molar-refractivity contribution in [1.82, 2.24) is 4.90 Å². The molecule has 6 nitrogen and oxygen atoms in total. The Hall–Kier alpha value is -3.02. The average molecular weight is 438 g/mol. The number of rotatable bonds is 5. The van der Waals surface area contributed by atoms with Crippen molar-refractivity contribution in [3.63, 3.8) is 0 Å². The molecule has 0 bridgehead atoms. The zero-order chi connectivity index (χ0) is 23.2. The fourth-order valence-electron chi connectivity index (χ4n) is 5.02. The fraction of sp³-hybridized carbons (Fsp3) is 0.462. The number of methoxy groups -OCH3 is 1. The molecule has 1 aliphatic carbocycles. The number of ketones is 1. The number of amides is 1. The van der Waals surface area contributed by atoms with Crippen molar-refractivity contribution in [3.05, 3.63) is 58.0 Å². The zero-order valence-electron chi connectivity index (χ0n) is 19.4. The minimum absolute atomic E-state index is 0.0321. The Morgan fingerprint density at radius 2 is 1.84 bits per heavy atom. The lowest BCUT2D eigenvalue weighted by atomic mass is 9.92. The van der Waals surface area contributed by atoms with Gasteiger partial charge in [0.15, 0.2) is 0 Å². The lowest BCUT2D eigenvalue weighted by Crippen LogP contribution is -2.37. The van der Waals surface area contributed by atoms with Gasteiger partial charge in [0, 0.05) is 11.6 Å². The van der Waals surface area contributed by atoms with Gasteiger partial charge < -0.3 is 19.2 Å². The summed E-state index contributed by atoms with van der Waals surface area (Å²) in [5.74, 6) is 0.706. The summed E-state index contributed by atoms with van der Waals surface area (Å²) in [5, 5.41) is 11.5. The lowest BCUT2D eigenvalue weighted by Gasteiger charge is -2.29. The minimum atomic E-state index is -0.726. The number of benzene rings is 1. The number of carbonyl (C=O) groups excluding carboxylic acids is 2. The second kappa shape index (κ2) is 8.49. The van der Waals surface area contributed by atoms with E-state index in [0.717, 1.165) is 42.6 Å². The summed E-state index contributed by atoms with van der Waals surface area (Å²) in [7, 11) is 1.62. The van der Waals surface area contributed by atoms with Gasteiger partial charge in [-0.05, 0) is 68.0 Å². The van der Waals surface area contributed by atoms with E-state index in [4.69, 9.17) is 9.15 Å². The monoisotopic (exact) mass is 437 g/mol. The standard InChI is InChI=1S/C26H31NO5/c1-14(2)18-13-19(15(3)12-21(18)31-5)24(28)22-23(20-11-10-16(4)32-20)27(26(30)25(22)29)17-8-6-7-9-17/h10-14,17,23,28H,6-9H2,1-5H3/b24-22+. The van der Waals surface area contributed by atoms with Gasteiger partial charge in [0.05, 0.1) is 12.7 Å². The molecule has 1 atom stereocenters. The number of carbonyl (C=O) groups is 2. The number of nitrogens with zero attached hydrogens (tertiary/aromatic N) is 1. The highest BCUT2D eigenvalue weighted by Crippen LogP contribution is 2.44. The number of aliphatic hydroxyl groups excluding tert-OH is 1. The average Bonchev–Trinajstić information content (AvgIpc) is 3.48. The summed E-state index contributed by atoms with van der Waals surface area (Å²) >= 11 is 0. The molecule has 1 amide bonds. The molecule has 1 N–H and O–H groups in total. The van der Waals surface area contributed by atoms with Gasteiger partial charge in [-0.1, -0.05) is 26.7 Å². The number of aryl methyl sites for hydroxylation is 2. The Morgan fingerprint density at radius 3 is 2.41 bits per heavy atom.